The van der Waals surface area contributed by atoms with Crippen LogP contribution in [0.1, 0.15) is 5.56 Å². The largest absolute Gasteiger partial charge is 0.457 e. The predicted molar refractivity (Wildman–Crippen MR) is 121 cm³/mol. The van der Waals surface area contributed by atoms with Crippen LogP contribution in [0.4, 0.5) is 5.82 Å². The van der Waals surface area contributed by atoms with Gasteiger partial charge in [0.15, 0.2) is 0 Å². The van der Waals surface area contributed by atoms with Crippen molar-refractivity contribution in [1.29, 1.82) is 5.26 Å². The van der Waals surface area contributed by atoms with E-state index in [9.17, 15) is 5.26 Å². The summed E-state index contributed by atoms with van der Waals surface area (Å²) in [6.07, 6.45) is 0. The van der Waals surface area contributed by atoms with Gasteiger partial charge in [-0.05, 0) is 54.1 Å². The monoisotopic (exact) mass is 431 g/mol. The fourth-order valence-corrected chi connectivity index (χ4v) is 3.60. The van der Waals surface area contributed by atoms with Gasteiger partial charge in [0.1, 0.15) is 28.9 Å². The molecule has 0 amide bonds. The highest BCUT2D eigenvalue weighted by atomic mass is 35.5. The molecule has 2 N–H and O–H groups in total. The van der Waals surface area contributed by atoms with E-state index in [1.807, 2.05) is 54.6 Å². The Morgan fingerprint density at radius 3 is 2.33 bits per heavy atom. The van der Waals surface area contributed by atoms with Gasteiger partial charge in [-0.2, -0.15) is 5.26 Å². The van der Waals surface area contributed by atoms with Crippen LogP contribution >= 0.6 is 23.2 Å². The molecule has 4 nitrogen and oxygen atoms in total. The summed E-state index contributed by atoms with van der Waals surface area (Å²) in [6.45, 7) is 0. The van der Waals surface area contributed by atoms with E-state index < -0.39 is 0 Å². The van der Waals surface area contributed by atoms with Crippen molar-refractivity contribution in [2.24, 2.45) is 0 Å². The van der Waals surface area contributed by atoms with Crippen LogP contribution in [-0.4, -0.2) is 4.98 Å². The highest BCUT2D eigenvalue weighted by Gasteiger charge is 2.16. The number of nitriles is 1. The lowest BCUT2D eigenvalue weighted by Crippen LogP contribution is -2.00. The maximum Gasteiger partial charge on any atom is 0.142 e. The summed E-state index contributed by atoms with van der Waals surface area (Å²) in [4.78, 5) is 4.38. The fraction of sp³-hybridized carbons (Fsp3) is 0. The first-order valence-electron chi connectivity index (χ1n) is 9.04. The highest BCUT2D eigenvalue weighted by molar-refractivity contribution is 6.36. The first-order valence-corrected chi connectivity index (χ1v) is 9.80. The van der Waals surface area contributed by atoms with E-state index in [2.05, 4.69) is 11.1 Å². The number of nitrogens with zero attached hydrogens (tertiary/aromatic N) is 2. The Kier molecular flexibility index (Phi) is 5.58. The van der Waals surface area contributed by atoms with E-state index in [4.69, 9.17) is 33.7 Å². The van der Waals surface area contributed by atoms with Crippen molar-refractivity contribution >= 4 is 29.0 Å². The molecule has 0 aliphatic carbocycles. The van der Waals surface area contributed by atoms with Crippen LogP contribution in [-0.2, 0) is 0 Å². The van der Waals surface area contributed by atoms with E-state index in [1.165, 1.54) is 0 Å². The van der Waals surface area contributed by atoms with Crippen molar-refractivity contribution in [2.45, 2.75) is 0 Å². The highest BCUT2D eigenvalue weighted by Crippen LogP contribution is 2.36. The van der Waals surface area contributed by atoms with Crippen molar-refractivity contribution in [1.82, 2.24) is 4.98 Å². The number of nitrogen functional groups attached to an aromatic ring is 1. The van der Waals surface area contributed by atoms with Gasteiger partial charge >= 0.3 is 0 Å². The number of aromatic nitrogens is 1. The van der Waals surface area contributed by atoms with Gasteiger partial charge in [0.05, 0.1) is 10.7 Å². The Hall–Kier alpha value is -3.52. The molecule has 0 unspecified atom stereocenters. The molecule has 4 rings (SSSR count). The average molecular weight is 432 g/mol. The fourth-order valence-electron chi connectivity index (χ4n) is 3.10. The van der Waals surface area contributed by atoms with Crippen LogP contribution in [0.15, 0.2) is 78.9 Å². The van der Waals surface area contributed by atoms with Gasteiger partial charge in [0, 0.05) is 16.1 Å². The minimum atomic E-state index is 0.130. The van der Waals surface area contributed by atoms with Crippen LogP contribution in [0.2, 0.25) is 10.0 Å². The molecule has 0 radical (unpaired) electrons. The van der Waals surface area contributed by atoms with Gasteiger partial charge in [0.25, 0.3) is 0 Å². The van der Waals surface area contributed by atoms with Crippen LogP contribution in [0.5, 0.6) is 11.5 Å². The molecule has 0 aliphatic rings. The number of para-hydroxylation sites is 1. The summed E-state index contributed by atoms with van der Waals surface area (Å²) in [5.74, 6) is 1.49. The molecular weight excluding hydrogens is 417 g/mol. The summed E-state index contributed by atoms with van der Waals surface area (Å²) in [7, 11) is 0. The summed E-state index contributed by atoms with van der Waals surface area (Å²) in [6, 6.07) is 26.0. The van der Waals surface area contributed by atoms with Gasteiger partial charge in [-0.1, -0.05) is 53.5 Å². The van der Waals surface area contributed by atoms with E-state index in [0.29, 0.717) is 38.2 Å². The van der Waals surface area contributed by atoms with E-state index >= 15 is 0 Å². The first kappa shape index (κ1) is 19.8. The minimum absolute atomic E-state index is 0.130. The van der Waals surface area contributed by atoms with Gasteiger partial charge < -0.3 is 10.5 Å². The van der Waals surface area contributed by atoms with Crippen LogP contribution < -0.4 is 10.5 Å². The molecule has 0 bridgehead atoms. The molecule has 4 aromatic rings. The molecule has 1 aromatic heterocycles. The number of nitrogens with two attached hydrogens (primary N) is 1. The normalized spacial score (nSPS) is 10.4. The van der Waals surface area contributed by atoms with Crippen LogP contribution in [0, 0.1) is 11.3 Å². The van der Waals surface area contributed by atoms with Crippen molar-refractivity contribution < 1.29 is 4.74 Å². The number of halogens is 2. The maximum atomic E-state index is 9.67. The number of hydrogen-bond acceptors (Lipinski definition) is 4. The van der Waals surface area contributed by atoms with Crippen LogP contribution in [0.3, 0.4) is 0 Å². The third-order valence-corrected chi connectivity index (χ3v) is 5.04. The second kappa shape index (κ2) is 8.46. The standard InChI is InChI=1S/C24H15Cl2N3O/c25-16-9-10-19(22(26)12-16)23-13-20(21(14-27)24(28)29-23)15-5-4-8-18(11-15)30-17-6-2-1-3-7-17/h1-13H,(H2,28,29). The number of anilines is 1. The summed E-state index contributed by atoms with van der Waals surface area (Å²) in [5.41, 5.74) is 9.06. The van der Waals surface area contributed by atoms with E-state index in [-0.39, 0.29) is 5.82 Å². The Morgan fingerprint density at radius 2 is 1.60 bits per heavy atom. The molecule has 0 fully saturated rings. The summed E-state index contributed by atoms with van der Waals surface area (Å²) in [5, 5.41) is 10.6. The Morgan fingerprint density at radius 1 is 0.833 bits per heavy atom. The van der Waals surface area contributed by atoms with Crippen LogP contribution in [0.25, 0.3) is 22.4 Å². The van der Waals surface area contributed by atoms with Gasteiger partial charge in [-0.3, -0.25) is 0 Å². The predicted octanol–water partition coefficient (Wildman–Crippen LogP) is 6.97. The Balaban J connectivity index is 1.81. The number of hydrogen-bond donors (Lipinski definition) is 1. The second-order valence-electron chi connectivity index (χ2n) is 6.49. The van der Waals surface area contributed by atoms with E-state index in [0.717, 1.165) is 11.3 Å². The maximum absolute atomic E-state index is 9.67. The zero-order chi connectivity index (χ0) is 21.1. The molecule has 0 saturated carbocycles. The zero-order valence-electron chi connectivity index (χ0n) is 15.6. The molecule has 6 heteroatoms. The second-order valence-corrected chi connectivity index (χ2v) is 7.34. The number of benzene rings is 3. The SMILES string of the molecule is N#Cc1c(-c2cccc(Oc3ccccc3)c2)cc(-c2ccc(Cl)cc2Cl)nc1N. The topological polar surface area (TPSA) is 71.9 Å². The lowest BCUT2D eigenvalue weighted by molar-refractivity contribution is 0.483. The molecular formula is C24H15Cl2N3O. The van der Waals surface area contributed by atoms with Gasteiger partial charge in [0.2, 0.25) is 0 Å². The third kappa shape index (κ3) is 4.08. The molecule has 1 heterocycles. The molecule has 0 aliphatic heterocycles. The first-order chi connectivity index (χ1) is 14.5. The Bertz CT molecular complexity index is 1270. The number of pyridine rings is 1. The molecule has 146 valence electrons. The quantitative estimate of drug-likeness (QED) is 0.378. The van der Waals surface area contributed by atoms with Crippen molar-refractivity contribution in [3.8, 4) is 40.0 Å². The molecule has 3 aromatic carbocycles. The van der Waals surface area contributed by atoms with Gasteiger partial charge in [-0.15, -0.1) is 0 Å². The summed E-state index contributed by atoms with van der Waals surface area (Å²) >= 11 is 12.4. The third-order valence-electron chi connectivity index (χ3n) is 4.49. The van der Waals surface area contributed by atoms with Crippen molar-refractivity contribution in [2.75, 3.05) is 5.73 Å². The van der Waals surface area contributed by atoms with Crippen molar-refractivity contribution in [3.05, 3.63) is 94.5 Å². The lowest BCUT2D eigenvalue weighted by atomic mass is 9.98. The number of ether oxygens (including phenoxy) is 1. The van der Waals surface area contributed by atoms with Crippen molar-refractivity contribution in [3.63, 3.8) is 0 Å². The molecule has 0 saturated heterocycles. The smallest absolute Gasteiger partial charge is 0.142 e. The lowest BCUT2D eigenvalue weighted by Gasteiger charge is -2.13. The molecule has 0 spiro atoms. The minimum Gasteiger partial charge on any atom is -0.457 e. The zero-order valence-corrected chi connectivity index (χ0v) is 17.2. The van der Waals surface area contributed by atoms with E-state index in [1.54, 1.807) is 24.3 Å². The average Bonchev–Trinajstić information content (AvgIpc) is 2.74. The van der Waals surface area contributed by atoms with Gasteiger partial charge in [-0.25, -0.2) is 4.98 Å². The number of rotatable bonds is 4. The Labute approximate surface area is 184 Å². The molecule has 30 heavy (non-hydrogen) atoms. The summed E-state index contributed by atoms with van der Waals surface area (Å²) < 4.78 is 5.93. The molecule has 0 atom stereocenters.